The van der Waals surface area contributed by atoms with Gasteiger partial charge in [-0.3, -0.25) is 9.48 Å². The van der Waals surface area contributed by atoms with E-state index in [1.165, 1.54) is 0 Å². The zero-order chi connectivity index (χ0) is 11.0. The first-order valence-electron chi connectivity index (χ1n) is 5.31. The Morgan fingerprint density at radius 2 is 2.33 bits per heavy atom. The number of hydrogen-bond donors (Lipinski definition) is 0. The van der Waals surface area contributed by atoms with E-state index in [0.717, 1.165) is 12.1 Å². The Morgan fingerprint density at radius 1 is 1.60 bits per heavy atom. The number of ketones is 1. The highest BCUT2D eigenvalue weighted by Crippen LogP contribution is 2.32. The molecule has 1 aromatic rings. The van der Waals surface area contributed by atoms with Crippen LogP contribution in [0.5, 0.6) is 0 Å². The van der Waals surface area contributed by atoms with Gasteiger partial charge in [0.15, 0.2) is 0 Å². The van der Waals surface area contributed by atoms with Crippen molar-refractivity contribution in [2.45, 2.75) is 39.2 Å². The number of aryl methyl sites for hydroxylation is 1. The van der Waals surface area contributed by atoms with Gasteiger partial charge >= 0.3 is 0 Å². The summed E-state index contributed by atoms with van der Waals surface area (Å²) in [6, 6.07) is 0.192. The van der Waals surface area contributed by atoms with Crippen LogP contribution in [0.4, 0.5) is 0 Å². The van der Waals surface area contributed by atoms with E-state index in [2.05, 4.69) is 12.0 Å². The van der Waals surface area contributed by atoms with E-state index < -0.39 is 0 Å². The number of halogens is 1. The number of rotatable bonds is 1. The second-order valence-corrected chi connectivity index (χ2v) is 4.78. The summed E-state index contributed by atoms with van der Waals surface area (Å²) in [6.45, 7) is 4.05. The topological polar surface area (TPSA) is 34.9 Å². The summed E-state index contributed by atoms with van der Waals surface area (Å²) in [5.41, 5.74) is 0.835. The highest BCUT2D eigenvalue weighted by molar-refractivity contribution is 6.31. The molecule has 0 saturated heterocycles. The van der Waals surface area contributed by atoms with Crippen molar-refractivity contribution in [1.82, 2.24) is 9.78 Å². The monoisotopic (exact) mass is 226 g/mol. The Kier molecular flexibility index (Phi) is 2.83. The lowest BCUT2D eigenvalue weighted by atomic mass is 9.85. The van der Waals surface area contributed by atoms with Crippen LogP contribution in [0.1, 0.15) is 37.9 Å². The van der Waals surface area contributed by atoms with E-state index in [1.54, 1.807) is 0 Å². The van der Waals surface area contributed by atoms with E-state index >= 15 is 0 Å². The molecule has 1 aliphatic carbocycles. The van der Waals surface area contributed by atoms with E-state index in [-0.39, 0.29) is 6.04 Å². The number of hydrogen-bond acceptors (Lipinski definition) is 2. The van der Waals surface area contributed by atoms with Crippen molar-refractivity contribution in [2.24, 2.45) is 5.92 Å². The fourth-order valence-electron chi connectivity index (χ4n) is 2.10. The SMILES string of the molecule is Cc1nn(C2CC(=O)CCC2C)cc1Cl. The number of carbonyl (C=O) groups excluding carboxylic acids is 1. The van der Waals surface area contributed by atoms with Gasteiger partial charge < -0.3 is 0 Å². The average Bonchev–Trinajstić information content (AvgIpc) is 2.51. The van der Waals surface area contributed by atoms with Gasteiger partial charge in [0.2, 0.25) is 0 Å². The van der Waals surface area contributed by atoms with Crippen LogP contribution in [0.3, 0.4) is 0 Å². The van der Waals surface area contributed by atoms with Gasteiger partial charge in [-0.1, -0.05) is 18.5 Å². The maximum atomic E-state index is 11.4. The molecule has 82 valence electrons. The molecule has 1 aromatic heterocycles. The molecule has 0 N–H and O–H groups in total. The first kappa shape index (κ1) is 10.7. The molecular weight excluding hydrogens is 212 g/mol. The van der Waals surface area contributed by atoms with Gasteiger partial charge in [-0.25, -0.2) is 0 Å². The van der Waals surface area contributed by atoms with Crippen LogP contribution in [0.25, 0.3) is 0 Å². The average molecular weight is 227 g/mol. The van der Waals surface area contributed by atoms with Crippen LogP contribution in [0, 0.1) is 12.8 Å². The Balaban J connectivity index is 2.24. The van der Waals surface area contributed by atoms with Gasteiger partial charge in [-0.2, -0.15) is 5.10 Å². The highest BCUT2D eigenvalue weighted by atomic mass is 35.5. The maximum absolute atomic E-state index is 11.4. The largest absolute Gasteiger partial charge is 0.300 e. The van der Waals surface area contributed by atoms with Gasteiger partial charge in [-0.15, -0.1) is 0 Å². The van der Waals surface area contributed by atoms with Crippen LogP contribution >= 0.6 is 11.6 Å². The summed E-state index contributed by atoms with van der Waals surface area (Å²) in [6.07, 6.45) is 4.10. The fraction of sp³-hybridized carbons (Fsp3) is 0.636. The highest BCUT2D eigenvalue weighted by Gasteiger charge is 2.28. The molecule has 1 fully saturated rings. The minimum absolute atomic E-state index is 0.192. The van der Waals surface area contributed by atoms with Gasteiger partial charge in [0.1, 0.15) is 5.78 Å². The lowest BCUT2D eigenvalue weighted by Crippen LogP contribution is -2.26. The minimum Gasteiger partial charge on any atom is -0.300 e. The Hall–Kier alpha value is -0.830. The first-order valence-corrected chi connectivity index (χ1v) is 5.68. The lowest BCUT2D eigenvalue weighted by molar-refractivity contribution is -0.122. The lowest BCUT2D eigenvalue weighted by Gasteiger charge is -2.28. The molecule has 0 aromatic carbocycles. The second kappa shape index (κ2) is 3.97. The molecule has 1 aliphatic rings. The molecule has 1 heterocycles. The number of aromatic nitrogens is 2. The smallest absolute Gasteiger partial charge is 0.135 e. The number of Topliss-reactive ketones (excluding diaryl/α,β-unsaturated/α-hetero) is 1. The summed E-state index contributed by atoms with van der Waals surface area (Å²) < 4.78 is 1.86. The predicted octanol–water partition coefficient (Wildman–Crippen LogP) is 2.78. The van der Waals surface area contributed by atoms with Gasteiger partial charge in [0.05, 0.1) is 16.8 Å². The third kappa shape index (κ3) is 2.07. The van der Waals surface area contributed by atoms with Gasteiger partial charge in [0.25, 0.3) is 0 Å². The molecule has 2 unspecified atom stereocenters. The predicted molar refractivity (Wildman–Crippen MR) is 59.0 cm³/mol. The molecule has 4 heteroatoms. The Morgan fingerprint density at radius 3 is 2.93 bits per heavy atom. The van der Waals surface area contributed by atoms with Crippen molar-refractivity contribution in [3.8, 4) is 0 Å². The normalized spacial score (nSPS) is 27.0. The second-order valence-electron chi connectivity index (χ2n) is 4.37. The van der Waals surface area contributed by atoms with Crippen LogP contribution < -0.4 is 0 Å². The van der Waals surface area contributed by atoms with Crippen LogP contribution in [-0.2, 0) is 4.79 Å². The summed E-state index contributed by atoms with van der Waals surface area (Å²) in [4.78, 5) is 11.4. The van der Waals surface area contributed by atoms with Crippen molar-refractivity contribution < 1.29 is 4.79 Å². The molecule has 0 spiro atoms. The summed E-state index contributed by atoms with van der Waals surface area (Å²) in [5, 5.41) is 5.03. The molecule has 0 amide bonds. The van der Waals surface area contributed by atoms with Crippen molar-refractivity contribution >= 4 is 17.4 Å². The van der Waals surface area contributed by atoms with Gasteiger partial charge in [-0.05, 0) is 19.3 Å². The Labute approximate surface area is 94.4 Å². The van der Waals surface area contributed by atoms with E-state index in [4.69, 9.17) is 11.6 Å². The molecule has 1 saturated carbocycles. The molecule has 15 heavy (non-hydrogen) atoms. The molecule has 0 aliphatic heterocycles. The summed E-state index contributed by atoms with van der Waals surface area (Å²) >= 11 is 5.96. The number of nitrogens with zero attached hydrogens (tertiary/aromatic N) is 2. The maximum Gasteiger partial charge on any atom is 0.135 e. The molecular formula is C11H15ClN2O. The molecule has 0 bridgehead atoms. The zero-order valence-corrected chi connectivity index (χ0v) is 9.79. The van der Waals surface area contributed by atoms with Crippen molar-refractivity contribution in [3.63, 3.8) is 0 Å². The van der Waals surface area contributed by atoms with Crippen molar-refractivity contribution in [1.29, 1.82) is 0 Å². The van der Waals surface area contributed by atoms with Crippen molar-refractivity contribution in [2.75, 3.05) is 0 Å². The van der Waals surface area contributed by atoms with Gasteiger partial charge in [0, 0.05) is 19.0 Å². The number of carbonyl (C=O) groups is 1. The van der Waals surface area contributed by atoms with E-state index in [9.17, 15) is 4.79 Å². The third-order valence-electron chi connectivity index (χ3n) is 3.17. The van der Waals surface area contributed by atoms with E-state index in [0.29, 0.717) is 29.6 Å². The van der Waals surface area contributed by atoms with E-state index in [1.807, 2.05) is 17.8 Å². The van der Waals surface area contributed by atoms with Crippen LogP contribution in [-0.4, -0.2) is 15.6 Å². The Bertz CT molecular complexity index is 366. The van der Waals surface area contributed by atoms with Crippen LogP contribution in [0.2, 0.25) is 5.02 Å². The molecule has 3 nitrogen and oxygen atoms in total. The third-order valence-corrected chi connectivity index (χ3v) is 3.54. The summed E-state index contributed by atoms with van der Waals surface area (Å²) in [5.74, 6) is 0.834. The quantitative estimate of drug-likeness (QED) is 0.738. The minimum atomic E-state index is 0.192. The zero-order valence-electron chi connectivity index (χ0n) is 9.03. The molecule has 0 radical (unpaired) electrons. The van der Waals surface area contributed by atoms with Crippen molar-refractivity contribution in [3.05, 3.63) is 16.9 Å². The van der Waals surface area contributed by atoms with Crippen LogP contribution in [0.15, 0.2) is 6.20 Å². The standard InChI is InChI=1S/C11H15ClN2O/c1-7-3-4-9(15)5-11(7)14-6-10(12)8(2)13-14/h6-7,11H,3-5H2,1-2H3. The molecule has 2 rings (SSSR count). The summed E-state index contributed by atoms with van der Waals surface area (Å²) in [7, 11) is 0. The molecule has 2 atom stereocenters. The fourth-order valence-corrected chi connectivity index (χ4v) is 2.24. The first-order chi connectivity index (χ1) is 7.08.